The van der Waals surface area contributed by atoms with Gasteiger partial charge in [-0.1, -0.05) is 0 Å². The molecule has 0 saturated heterocycles. The molecular formula is C12H17N3O3S. The van der Waals surface area contributed by atoms with E-state index in [0.29, 0.717) is 6.54 Å². The van der Waals surface area contributed by atoms with Crippen LogP contribution < -0.4 is 5.32 Å². The van der Waals surface area contributed by atoms with Gasteiger partial charge in [-0.25, -0.2) is 8.42 Å². The van der Waals surface area contributed by atoms with Crippen molar-refractivity contribution in [2.24, 2.45) is 0 Å². The van der Waals surface area contributed by atoms with E-state index >= 15 is 0 Å². The Morgan fingerprint density at radius 1 is 1.47 bits per heavy atom. The Balaban J connectivity index is 2.16. The molecule has 0 aromatic carbocycles. The van der Waals surface area contributed by atoms with Gasteiger partial charge in [0.25, 0.3) is 0 Å². The number of aromatic nitrogens is 1. The van der Waals surface area contributed by atoms with Crippen LogP contribution in [0.3, 0.4) is 0 Å². The van der Waals surface area contributed by atoms with Crippen molar-refractivity contribution in [2.45, 2.75) is 18.0 Å². The number of hydrogen-bond acceptors (Lipinski definition) is 4. The lowest BCUT2D eigenvalue weighted by atomic mass is 10.3. The monoisotopic (exact) mass is 283 g/mol. The first-order valence-electron chi connectivity index (χ1n) is 5.83. The van der Waals surface area contributed by atoms with Crippen LogP contribution in [-0.2, 0) is 23.1 Å². The largest absolute Gasteiger partial charge is 0.472 e. The summed E-state index contributed by atoms with van der Waals surface area (Å²) in [5.41, 5.74) is 1.65. The van der Waals surface area contributed by atoms with Crippen LogP contribution in [0.1, 0.15) is 11.3 Å². The average Bonchev–Trinajstić information content (AvgIpc) is 3.00. The molecule has 0 bridgehead atoms. The summed E-state index contributed by atoms with van der Waals surface area (Å²) in [6.07, 6.45) is 4.57. The third kappa shape index (κ3) is 3.06. The fourth-order valence-electron chi connectivity index (χ4n) is 1.76. The van der Waals surface area contributed by atoms with Crippen molar-refractivity contribution in [3.05, 3.63) is 42.1 Å². The maximum atomic E-state index is 12.3. The second kappa shape index (κ2) is 5.60. The average molecular weight is 283 g/mol. The number of aromatic amines is 1. The van der Waals surface area contributed by atoms with Crippen LogP contribution in [0, 0.1) is 0 Å². The first-order valence-corrected chi connectivity index (χ1v) is 7.27. The van der Waals surface area contributed by atoms with Crippen LogP contribution in [0.25, 0.3) is 0 Å². The number of sulfonamides is 1. The van der Waals surface area contributed by atoms with Crippen molar-refractivity contribution in [1.29, 1.82) is 0 Å². The Morgan fingerprint density at radius 2 is 2.26 bits per heavy atom. The van der Waals surface area contributed by atoms with Gasteiger partial charge in [-0.15, -0.1) is 0 Å². The van der Waals surface area contributed by atoms with E-state index in [9.17, 15) is 8.42 Å². The molecule has 0 atom stereocenters. The van der Waals surface area contributed by atoms with Crippen LogP contribution >= 0.6 is 0 Å². The predicted molar refractivity (Wildman–Crippen MR) is 70.9 cm³/mol. The Bertz CT molecular complexity index is 616. The zero-order valence-electron chi connectivity index (χ0n) is 10.9. The third-order valence-electron chi connectivity index (χ3n) is 2.78. The molecule has 0 aliphatic heterocycles. The van der Waals surface area contributed by atoms with Crippen LogP contribution in [0.4, 0.5) is 0 Å². The molecule has 0 unspecified atom stereocenters. The molecule has 0 fully saturated rings. The van der Waals surface area contributed by atoms with Gasteiger partial charge >= 0.3 is 0 Å². The van der Waals surface area contributed by atoms with E-state index in [-0.39, 0.29) is 11.4 Å². The summed E-state index contributed by atoms with van der Waals surface area (Å²) >= 11 is 0. The molecule has 2 aromatic rings. The summed E-state index contributed by atoms with van der Waals surface area (Å²) in [4.78, 5) is 3.21. The van der Waals surface area contributed by atoms with Crippen molar-refractivity contribution >= 4 is 10.0 Å². The zero-order chi connectivity index (χ0) is 13.9. The highest BCUT2D eigenvalue weighted by molar-refractivity contribution is 7.89. The number of hydrogen-bond donors (Lipinski definition) is 2. The molecule has 2 rings (SSSR count). The van der Waals surface area contributed by atoms with E-state index in [2.05, 4.69) is 10.3 Å². The SMILES string of the molecule is CNCc1cc(S(=O)(=O)N(C)Cc2ccoc2)c[nH]1. The van der Waals surface area contributed by atoms with E-state index in [1.165, 1.54) is 23.0 Å². The lowest BCUT2D eigenvalue weighted by Gasteiger charge is -2.14. The topological polar surface area (TPSA) is 78.3 Å². The standard InChI is InChI=1S/C12H17N3O3S/c1-13-6-11-5-12(7-14-11)19(16,17)15(2)8-10-3-4-18-9-10/h3-5,7,9,13-14H,6,8H2,1-2H3. The minimum Gasteiger partial charge on any atom is -0.472 e. The van der Waals surface area contributed by atoms with Gasteiger partial charge in [-0.3, -0.25) is 0 Å². The first-order chi connectivity index (χ1) is 9.04. The molecule has 2 aromatic heterocycles. The number of furan rings is 1. The summed E-state index contributed by atoms with van der Waals surface area (Å²) < 4.78 is 30.9. The molecule has 0 saturated carbocycles. The predicted octanol–water partition coefficient (Wildman–Crippen LogP) is 1.15. The highest BCUT2D eigenvalue weighted by Gasteiger charge is 2.22. The molecule has 7 heteroatoms. The minimum absolute atomic E-state index is 0.267. The Hall–Kier alpha value is -1.57. The number of nitrogens with one attached hydrogen (secondary N) is 2. The molecule has 0 amide bonds. The number of rotatable bonds is 6. The Labute approximate surface area is 112 Å². The molecule has 0 spiro atoms. The van der Waals surface area contributed by atoms with Crippen molar-refractivity contribution in [3.8, 4) is 0 Å². The van der Waals surface area contributed by atoms with E-state index in [1.807, 2.05) is 0 Å². The zero-order valence-corrected chi connectivity index (χ0v) is 11.7. The van der Waals surface area contributed by atoms with Crippen LogP contribution in [-0.4, -0.2) is 31.8 Å². The summed E-state index contributed by atoms with van der Waals surface area (Å²) in [6.45, 7) is 0.881. The van der Waals surface area contributed by atoms with Crippen LogP contribution in [0.15, 0.2) is 40.2 Å². The van der Waals surface area contributed by atoms with Crippen molar-refractivity contribution in [1.82, 2.24) is 14.6 Å². The molecule has 0 aliphatic rings. The molecule has 0 radical (unpaired) electrons. The smallest absolute Gasteiger partial charge is 0.244 e. The minimum atomic E-state index is -3.48. The number of nitrogens with zero attached hydrogens (tertiary/aromatic N) is 1. The Morgan fingerprint density at radius 3 is 2.89 bits per heavy atom. The van der Waals surface area contributed by atoms with Crippen molar-refractivity contribution in [2.75, 3.05) is 14.1 Å². The Kier molecular flexibility index (Phi) is 4.08. The summed E-state index contributed by atoms with van der Waals surface area (Å²) in [5.74, 6) is 0. The van der Waals surface area contributed by atoms with E-state index < -0.39 is 10.0 Å². The van der Waals surface area contributed by atoms with Gasteiger partial charge in [-0.05, 0) is 19.2 Å². The third-order valence-corrected chi connectivity index (χ3v) is 4.56. The lowest BCUT2D eigenvalue weighted by Crippen LogP contribution is -2.26. The van der Waals surface area contributed by atoms with Crippen molar-refractivity contribution in [3.63, 3.8) is 0 Å². The molecule has 2 heterocycles. The summed E-state index contributed by atoms with van der Waals surface area (Å²) in [6, 6.07) is 3.38. The highest BCUT2D eigenvalue weighted by atomic mass is 32.2. The van der Waals surface area contributed by atoms with Gasteiger partial charge < -0.3 is 14.7 Å². The van der Waals surface area contributed by atoms with E-state index in [1.54, 1.807) is 26.2 Å². The lowest BCUT2D eigenvalue weighted by molar-refractivity contribution is 0.463. The molecule has 104 valence electrons. The second-order valence-electron chi connectivity index (χ2n) is 4.28. The quantitative estimate of drug-likeness (QED) is 0.833. The first kappa shape index (κ1) is 13.9. The highest BCUT2D eigenvalue weighted by Crippen LogP contribution is 2.17. The number of H-pyrrole nitrogens is 1. The maximum absolute atomic E-state index is 12.3. The molecular weight excluding hydrogens is 266 g/mol. The fourth-order valence-corrected chi connectivity index (χ4v) is 2.94. The van der Waals surface area contributed by atoms with Gasteiger partial charge in [0.15, 0.2) is 0 Å². The van der Waals surface area contributed by atoms with E-state index in [4.69, 9.17) is 4.42 Å². The van der Waals surface area contributed by atoms with Crippen LogP contribution in [0.2, 0.25) is 0 Å². The van der Waals surface area contributed by atoms with Crippen molar-refractivity contribution < 1.29 is 12.8 Å². The van der Waals surface area contributed by atoms with Gasteiger partial charge in [0, 0.05) is 37.6 Å². The van der Waals surface area contributed by atoms with Gasteiger partial charge in [0.05, 0.1) is 17.4 Å². The fraction of sp³-hybridized carbons (Fsp3) is 0.333. The molecule has 2 N–H and O–H groups in total. The van der Waals surface area contributed by atoms with Crippen LogP contribution in [0.5, 0.6) is 0 Å². The normalized spacial score (nSPS) is 12.2. The van der Waals surface area contributed by atoms with Gasteiger partial charge in [0.2, 0.25) is 10.0 Å². The van der Waals surface area contributed by atoms with Gasteiger partial charge in [-0.2, -0.15) is 4.31 Å². The second-order valence-corrected chi connectivity index (χ2v) is 6.33. The molecule has 19 heavy (non-hydrogen) atoms. The van der Waals surface area contributed by atoms with Gasteiger partial charge in [0.1, 0.15) is 0 Å². The van der Waals surface area contributed by atoms with E-state index in [0.717, 1.165) is 11.3 Å². The molecule has 6 nitrogen and oxygen atoms in total. The summed E-state index contributed by atoms with van der Waals surface area (Å²) in [5, 5.41) is 2.96. The molecule has 0 aliphatic carbocycles. The summed E-state index contributed by atoms with van der Waals surface area (Å²) in [7, 11) is -0.126. The maximum Gasteiger partial charge on any atom is 0.244 e.